The molecule has 0 saturated heterocycles. The molecular formula is C20H36IN3O3S. The molecule has 162 valence electrons. The van der Waals surface area contributed by atoms with Crippen molar-refractivity contribution in [2.75, 3.05) is 32.0 Å². The SMILES string of the molecule is CCNC(=NCCCS(=O)(=O)c1ccccc1)NCCC(OCC)C(C)C.I. The van der Waals surface area contributed by atoms with E-state index in [0.717, 1.165) is 19.5 Å². The van der Waals surface area contributed by atoms with Crippen LogP contribution < -0.4 is 10.6 Å². The van der Waals surface area contributed by atoms with Gasteiger partial charge in [-0.1, -0.05) is 32.0 Å². The van der Waals surface area contributed by atoms with Gasteiger partial charge in [0.25, 0.3) is 0 Å². The van der Waals surface area contributed by atoms with E-state index in [4.69, 9.17) is 4.74 Å². The molecule has 0 saturated carbocycles. The zero-order chi connectivity index (χ0) is 20.1. The predicted molar refractivity (Wildman–Crippen MR) is 127 cm³/mol. The van der Waals surface area contributed by atoms with Crippen LogP contribution >= 0.6 is 24.0 Å². The molecule has 0 bridgehead atoms. The second-order valence-corrected chi connectivity index (χ2v) is 8.81. The maximum atomic E-state index is 12.3. The predicted octanol–water partition coefficient (Wildman–Crippen LogP) is 3.47. The van der Waals surface area contributed by atoms with E-state index in [-0.39, 0.29) is 35.8 Å². The van der Waals surface area contributed by atoms with Gasteiger partial charge in [-0.2, -0.15) is 0 Å². The summed E-state index contributed by atoms with van der Waals surface area (Å²) in [7, 11) is -3.24. The first kappa shape index (κ1) is 27.1. The minimum Gasteiger partial charge on any atom is -0.378 e. The van der Waals surface area contributed by atoms with Crippen molar-refractivity contribution in [2.24, 2.45) is 10.9 Å². The van der Waals surface area contributed by atoms with Crippen molar-refractivity contribution in [1.29, 1.82) is 0 Å². The van der Waals surface area contributed by atoms with Crippen molar-refractivity contribution in [3.63, 3.8) is 0 Å². The number of aliphatic imine (C=N–C) groups is 1. The van der Waals surface area contributed by atoms with Gasteiger partial charge in [-0.15, -0.1) is 24.0 Å². The average Bonchev–Trinajstić information content (AvgIpc) is 2.65. The molecule has 0 amide bonds. The van der Waals surface area contributed by atoms with Gasteiger partial charge in [-0.05, 0) is 44.7 Å². The molecule has 0 aliphatic heterocycles. The molecule has 1 atom stereocenters. The number of nitrogens with one attached hydrogen (secondary N) is 2. The third-order valence-electron chi connectivity index (χ3n) is 4.13. The Kier molecular flexibility index (Phi) is 14.6. The highest BCUT2D eigenvalue weighted by Gasteiger charge is 2.14. The van der Waals surface area contributed by atoms with Crippen LogP contribution in [0.15, 0.2) is 40.2 Å². The molecule has 28 heavy (non-hydrogen) atoms. The Balaban J connectivity index is 0.00000729. The third-order valence-corrected chi connectivity index (χ3v) is 5.95. The van der Waals surface area contributed by atoms with Crippen LogP contribution in [0.5, 0.6) is 0 Å². The summed E-state index contributed by atoms with van der Waals surface area (Å²) in [6.07, 6.45) is 1.61. The van der Waals surface area contributed by atoms with E-state index in [0.29, 0.717) is 36.3 Å². The largest absolute Gasteiger partial charge is 0.378 e. The zero-order valence-corrected chi connectivity index (χ0v) is 20.6. The van der Waals surface area contributed by atoms with Crippen LogP contribution in [0.3, 0.4) is 0 Å². The Morgan fingerprint density at radius 2 is 1.82 bits per heavy atom. The molecule has 1 rings (SSSR count). The molecule has 1 aromatic rings. The summed E-state index contributed by atoms with van der Waals surface area (Å²) >= 11 is 0. The second-order valence-electron chi connectivity index (χ2n) is 6.70. The normalized spacial score (nSPS) is 13.1. The first-order valence-corrected chi connectivity index (χ1v) is 11.5. The van der Waals surface area contributed by atoms with Gasteiger partial charge >= 0.3 is 0 Å². The van der Waals surface area contributed by atoms with E-state index in [1.165, 1.54) is 0 Å². The molecule has 0 aliphatic rings. The lowest BCUT2D eigenvalue weighted by Crippen LogP contribution is -2.39. The monoisotopic (exact) mass is 525 g/mol. The minimum atomic E-state index is -3.24. The van der Waals surface area contributed by atoms with Gasteiger partial charge in [-0.25, -0.2) is 8.42 Å². The van der Waals surface area contributed by atoms with Crippen LogP contribution in [0.1, 0.15) is 40.5 Å². The lowest BCUT2D eigenvalue weighted by molar-refractivity contribution is 0.0258. The summed E-state index contributed by atoms with van der Waals surface area (Å²) in [4.78, 5) is 4.86. The lowest BCUT2D eigenvalue weighted by Gasteiger charge is -2.21. The third kappa shape index (κ3) is 10.6. The molecule has 0 aliphatic carbocycles. The maximum absolute atomic E-state index is 12.3. The van der Waals surface area contributed by atoms with Crippen LogP contribution in [0.4, 0.5) is 0 Å². The molecule has 0 aromatic heterocycles. The number of guanidine groups is 1. The van der Waals surface area contributed by atoms with E-state index in [1.807, 2.05) is 19.9 Å². The van der Waals surface area contributed by atoms with Crippen LogP contribution in [0.25, 0.3) is 0 Å². The Hall–Kier alpha value is -0.870. The highest BCUT2D eigenvalue weighted by atomic mass is 127. The fourth-order valence-corrected chi connectivity index (χ4v) is 4.01. The molecular weight excluding hydrogens is 489 g/mol. The molecule has 2 N–H and O–H groups in total. The Morgan fingerprint density at radius 1 is 1.14 bits per heavy atom. The number of benzene rings is 1. The summed E-state index contributed by atoms with van der Waals surface area (Å²) in [5.41, 5.74) is 0. The van der Waals surface area contributed by atoms with Gasteiger partial charge in [0.2, 0.25) is 0 Å². The molecule has 0 heterocycles. The van der Waals surface area contributed by atoms with E-state index in [1.54, 1.807) is 24.3 Å². The highest BCUT2D eigenvalue weighted by Crippen LogP contribution is 2.11. The number of ether oxygens (including phenoxy) is 1. The summed E-state index contributed by atoms with van der Waals surface area (Å²) in [5, 5.41) is 6.50. The van der Waals surface area contributed by atoms with E-state index < -0.39 is 9.84 Å². The summed E-state index contributed by atoms with van der Waals surface area (Å²) in [5.74, 6) is 1.28. The average molecular weight is 525 g/mol. The standard InChI is InChI=1S/C20H35N3O3S.HI/c1-5-21-20(23-15-13-19(17(3)4)26-6-2)22-14-10-16-27(24,25)18-11-8-7-9-12-18;/h7-9,11-12,17,19H,5-6,10,13-16H2,1-4H3,(H2,21,22,23);1H. The van der Waals surface area contributed by atoms with Crippen molar-refractivity contribution >= 4 is 39.8 Å². The highest BCUT2D eigenvalue weighted by molar-refractivity contribution is 14.0. The fraction of sp³-hybridized carbons (Fsp3) is 0.650. The van der Waals surface area contributed by atoms with Crippen molar-refractivity contribution in [3.8, 4) is 0 Å². The number of nitrogens with zero attached hydrogens (tertiary/aromatic N) is 1. The Labute approximate surface area is 187 Å². The summed E-state index contributed by atoms with van der Waals surface area (Å²) in [6, 6.07) is 8.56. The van der Waals surface area contributed by atoms with Crippen molar-refractivity contribution in [2.45, 2.75) is 51.5 Å². The van der Waals surface area contributed by atoms with Gasteiger partial charge < -0.3 is 15.4 Å². The Bertz CT molecular complexity index is 652. The van der Waals surface area contributed by atoms with Gasteiger partial charge in [0.05, 0.1) is 16.8 Å². The molecule has 1 aromatic carbocycles. The zero-order valence-electron chi connectivity index (χ0n) is 17.5. The number of hydrogen-bond acceptors (Lipinski definition) is 4. The van der Waals surface area contributed by atoms with E-state index in [2.05, 4.69) is 29.5 Å². The first-order valence-electron chi connectivity index (χ1n) is 9.82. The molecule has 8 heteroatoms. The summed E-state index contributed by atoms with van der Waals surface area (Å²) < 4.78 is 30.3. The molecule has 0 fully saturated rings. The maximum Gasteiger partial charge on any atom is 0.191 e. The number of hydrogen-bond donors (Lipinski definition) is 2. The number of rotatable bonds is 12. The van der Waals surface area contributed by atoms with Crippen LogP contribution in [-0.4, -0.2) is 52.5 Å². The minimum absolute atomic E-state index is 0. The quantitative estimate of drug-likeness (QED) is 0.189. The van der Waals surface area contributed by atoms with Crippen molar-refractivity contribution < 1.29 is 13.2 Å². The smallest absolute Gasteiger partial charge is 0.191 e. The fourth-order valence-electron chi connectivity index (χ4n) is 2.69. The Morgan fingerprint density at radius 3 is 2.39 bits per heavy atom. The van der Waals surface area contributed by atoms with E-state index in [9.17, 15) is 8.42 Å². The molecule has 1 unspecified atom stereocenters. The number of halogens is 1. The number of sulfone groups is 1. The summed E-state index contributed by atoms with van der Waals surface area (Å²) in [6.45, 7) is 11.0. The van der Waals surface area contributed by atoms with Crippen LogP contribution in [0.2, 0.25) is 0 Å². The van der Waals surface area contributed by atoms with Gasteiger partial charge in [0.15, 0.2) is 15.8 Å². The van der Waals surface area contributed by atoms with Gasteiger partial charge in [0.1, 0.15) is 0 Å². The van der Waals surface area contributed by atoms with Crippen molar-refractivity contribution in [3.05, 3.63) is 30.3 Å². The molecule has 6 nitrogen and oxygen atoms in total. The van der Waals surface area contributed by atoms with E-state index >= 15 is 0 Å². The second kappa shape index (κ2) is 15.0. The molecule has 0 spiro atoms. The first-order chi connectivity index (χ1) is 12.9. The van der Waals surface area contributed by atoms with Crippen molar-refractivity contribution in [1.82, 2.24) is 10.6 Å². The lowest BCUT2D eigenvalue weighted by atomic mass is 10.0. The molecule has 0 radical (unpaired) electrons. The van der Waals surface area contributed by atoms with Crippen LogP contribution in [0, 0.1) is 5.92 Å². The van der Waals surface area contributed by atoms with Gasteiger partial charge in [-0.3, -0.25) is 4.99 Å². The van der Waals surface area contributed by atoms with Crippen LogP contribution in [-0.2, 0) is 14.6 Å². The topological polar surface area (TPSA) is 79.8 Å². The van der Waals surface area contributed by atoms with Gasteiger partial charge in [0, 0.05) is 26.2 Å².